The van der Waals surface area contributed by atoms with Crippen LogP contribution in [0.2, 0.25) is 0 Å². The summed E-state index contributed by atoms with van der Waals surface area (Å²) in [5.74, 6) is 0.896. The van der Waals surface area contributed by atoms with Crippen molar-refractivity contribution >= 4 is 28.2 Å². The Hall–Kier alpha value is -1.39. The first-order valence-corrected chi connectivity index (χ1v) is 7.84. The number of benzene rings is 1. The molecule has 0 spiro atoms. The number of nitrogens with zero attached hydrogens (tertiary/aromatic N) is 1. The van der Waals surface area contributed by atoms with E-state index >= 15 is 0 Å². The molecule has 0 fully saturated rings. The zero-order chi connectivity index (χ0) is 14.2. The third-order valence-electron chi connectivity index (χ3n) is 2.76. The summed E-state index contributed by atoms with van der Waals surface area (Å²) in [5, 5.41) is 0.935. The van der Waals surface area contributed by atoms with Crippen LogP contribution in [0.25, 0.3) is 0 Å². The molecule has 1 aromatic heterocycles. The van der Waals surface area contributed by atoms with Crippen molar-refractivity contribution in [3.63, 3.8) is 0 Å². The van der Waals surface area contributed by atoms with Crippen molar-refractivity contribution < 1.29 is 4.74 Å². The quantitative estimate of drug-likeness (QED) is 0.577. The van der Waals surface area contributed by atoms with Crippen molar-refractivity contribution in [2.75, 3.05) is 6.61 Å². The Kier molecular flexibility index (Phi) is 6.02. The first-order chi connectivity index (χ1) is 9.78. The lowest BCUT2D eigenvalue weighted by Crippen LogP contribution is -2.02. The van der Waals surface area contributed by atoms with Crippen molar-refractivity contribution in [2.45, 2.75) is 24.8 Å². The fraction of sp³-hybridized carbons (Fsp3) is 0.250. The monoisotopic (exact) mass is 303 g/mol. The van der Waals surface area contributed by atoms with Gasteiger partial charge < -0.3 is 4.74 Å². The molecule has 0 N–H and O–H groups in total. The summed E-state index contributed by atoms with van der Waals surface area (Å²) in [6, 6.07) is 14.0. The van der Waals surface area contributed by atoms with E-state index in [9.17, 15) is 0 Å². The Morgan fingerprint density at radius 1 is 1.20 bits per heavy atom. The number of aromatic nitrogens is 1. The Morgan fingerprint density at radius 3 is 2.65 bits per heavy atom. The van der Waals surface area contributed by atoms with E-state index in [1.165, 1.54) is 17.3 Å². The lowest BCUT2D eigenvalue weighted by Gasteiger charge is -2.07. The van der Waals surface area contributed by atoms with Crippen LogP contribution in [0.5, 0.6) is 5.75 Å². The van der Waals surface area contributed by atoms with Crippen LogP contribution >= 0.6 is 24.0 Å². The molecule has 4 heteroatoms. The zero-order valence-electron chi connectivity index (χ0n) is 11.4. The molecule has 0 saturated carbocycles. The minimum absolute atomic E-state index is 0.601. The molecule has 20 heavy (non-hydrogen) atoms. The van der Waals surface area contributed by atoms with Gasteiger partial charge in [-0.15, -0.1) is 0 Å². The van der Waals surface area contributed by atoms with E-state index in [2.05, 4.69) is 24.0 Å². The second kappa shape index (κ2) is 8.02. The largest absolute Gasteiger partial charge is 0.493 e. The molecule has 2 nitrogen and oxygen atoms in total. The number of aryl methyl sites for hydroxylation is 1. The average Bonchev–Trinajstić information content (AvgIpc) is 2.49. The van der Waals surface area contributed by atoms with Crippen molar-refractivity contribution in [3.8, 4) is 5.75 Å². The molecule has 0 aliphatic carbocycles. The summed E-state index contributed by atoms with van der Waals surface area (Å²) in [7, 11) is 0. The lowest BCUT2D eigenvalue weighted by atomic mass is 10.2. The number of thiocarbonyl (C=S) groups is 1. The first kappa shape index (κ1) is 15.0. The molecule has 0 aliphatic rings. The van der Waals surface area contributed by atoms with Gasteiger partial charge in [0.15, 0.2) is 0 Å². The smallest absolute Gasteiger partial charge is 0.119 e. The summed E-state index contributed by atoms with van der Waals surface area (Å²) < 4.78 is 6.59. The molecule has 0 saturated heterocycles. The molecule has 0 amide bonds. The number of ether oxygens (including phenoxy) is 1. The molecule has 1 heterocycles. The van der Waals surface area contributed by atoms with Gasteiger partial charge in [-0.05, 0) is 36.2 Å². The fourth-order valence-electron chi connectivity index (χ4n) is 1.65. The third-order valence-corrected chi connectivity index (χ3v) is 4.10. The third kappa shape index (κ3) is 4.94. The van der Waals surface area contributed by atoms with E-state index in [0.717, 1.165) is 27.8 Å². The molecule has 0 aliphatic heterocycles. The van der Waals surface area contributed by atoms with Crippen LogP contribution in [0.15, 0.2) is 53.7 Å². The normalized spacial score (nSPS) is 10.2. The topological polar surface area (TPSA) is 22.1 Å². The molecule has 0 atom stereocenters. The number of rotatable bonds is 6. The number of hydrogen-bond acceptors (Lipinski definition) is 4. The summed E-state index contributed by atoms with van der Waals surface area (Å²) in [6.07, 6.45) is 3.56. The molecule has 0 unspecified atom stereocenters. The second-order valence-electron chi connectivity index (χ2n) is 4.24. The standard InChI is InChI=1S/C16H17NOS2/c1-2-13-6-8-14(9-7-13)18-12-10-16(19)20-15-5-3-4-11-17-15/h3-9,11H,2,10,12H2,1H3. The van der Waals surface area contributed by atoms with E-state index in [-0.39, 0.29) is 0 Å². The maximum atomic E-state index is 5.69. The van der Waals surface area contributed by atoms with Crippen molar-refractivity contribution in [2.24, 2.45) is 0 Å². The highest BCUT2D eigenvalue weighted by Crippen LogP contribution is 2.19. The number of hydrogen-bond donors (Lipinski definition) is 0. The number of pyridine rings is 1. The highest BCUT2D eigenvalue weighted by atomic mass is 32.2. The summed E-state index contributed by atoms with van der Waals surface area (Å²) in [5.41, 5.74) is 1.32. The van der Waals surface area contributed by atoms with Crippen LogP contribution in [0.3, 0.4) is 0 Å². The highest BCUT2D eigenvalue weighted by molar-refractivity contribution is 8.23. The van der Waals surface area contributed by atoms with Crippen LogP contribution < -0.4 is 4.74 Å². The maximum Gasteiger partial charge on any atom is 0.119 e. The van der Waals surface area contributed by atoms with Gasteiger partial charge in [0.05, 0.1) is 10.8 Å². The second-order valence-corrected chi connectivity index (χ2v) is 6.10. The Balaban J connectivity index is 1.73. The predicted octanol–water partition coefficient (Wildman–Crippen LogP) is 4.53. The van der Waals surface area contributed by atoms with Gasteiger partial charge in [-0.3, -0.25) is 0 Å². The predicted molar refractivity (Wildman–Crippen MR) is 88.6 cm³/mol. The minimum atomic E-state index is 0.601. The van der Waals surface area contributed by atoms with Gasteiger partial charge in [-0.2, -0.15) is 0 Å². The summed E-state index contributed by atoms with van der Waals surface area (Å²) in [4.78, 5) is 4.24. The molecule has 2 aromatic rings. The van der Waals surface area contributed by atoms with Gasteiger partial charge in [0.1, 0.15) is 10.8 Å². The SMILES string of the molecule is CCc1ccc(OCCC(=S)Sc2ccccn2)cc1. The van der Waals surface area contributed by atoms with E-state index in [0.29, 0.717) is 6.61 Å². The lowest BCUT2D eigenvalue weighted by molar-refractivity contribution is 0.330. The van der Waals surface area contributed by atoms with Crippen LogP contribution in [-0.4, -0.2) is 15.8 Å². The van der Waals surface area contributed by atoms with E-state index in [1.807, 2.05) is 30.3 Å². The minimum Gasteiger partial charge on any atom is -0.493 e. The Bertz CT molecular complexity index is 540. The van der Waals surface area contributed by atoms with Gasteiger partial charge >= 0.3 is 0 Å². The van der Waals surface area contributed by atoms with E-state index in [1.54, 1.807) is 6.20 Å². The first-order valence-electron chi connectivity index (χ1n) is 6.61. The summed E-state index contributed by atoms with van der Waals surface area (Å²) >= 11 is 6.86. The fourth-order valence-corrected chi connectivity index (χ4v) is 2.67. The highest BCUT2D eigenvalue weighted by Gasteiger charge is 2.02. The molecule has 104 valence electrons. The molecular formula is C16H17NOS2. The molecule has 0 bridgehead atoms. The van der Waals surface area contributed by atoms with Crippen molar-refractivity contribution in [1.82, 2.24) is 4.98 Å². The van der Waals surface area contributed by atoms with Gasteiger partial charge in [0.2, 0.25) is 0 Å². The van der Waals surface area contributed by atoms with Crippen LogP contribution in [-0.2, 0) is 6.42 Å². The molecule has 1 aromatic carbocycles. The Morgan fingerprint density at radius 2 is 2.00 bits per heavy atom. The summed E-state index contributed by atoms with van der Waals surface area (Å²) in [6.45, 7) is 2.74. The van der Waals surface area contributed by atoms with E-state index < -0.39 is 0 Å². The molecule has 2 rings (SSSR count). The number of thioether (sulfide) groups is 1. The Labute approximate surface area is 129 Å². The van der Waals surface area contributed by atoms with Crippen molar-refractivity contribution in [1.29, 1.82) is 0 Å². The zero-order valence-corrected chi connectivity index (χ0v) is 13.0. The van der Waals surface area contributed by atoms with Crippen LogP contribution in [0.4, 0.5) is 0 Å². The maximum absolute atomic E-state index is 5.69. The molecule has 0 radical (unpaired) electrons. The molecular weight excluding hydrogens is 286 g/mol. The van der Waals surface area contributed by atoms with Crippen LogP contribution in [0.1, 0.15) is 18.9 Å². The van der Waals surface area contributed by atoms with Gasteiger partial charge in [-0.1, -0.05) is 49.1 Å². The van der Waals surface area contributed by atoms with Crippen LogP contribution in [0, 0.1) is 0 Å². The van der Waals surface area contributed by atoms with Crippen molar-refractivity contribution in [3.05, 3.63) is 54.2 Å². The van der Waals surface area contributed by atoms with Gasteiger partial charge in [-0.25, -0.2) is 4.98 Å². The van der Waals surface area contributed by atoms with Gasteiger partial charge in [0.25, 0.3) is 0 Å². The van der Waals surface area contributed by atoms with E-state index in [4.69, 9.17) is 17.0 Å². The average molecular weight is 303 g/mol. The van der Waals surface area contributed by atoms with Gasteiger partial charge in [0, 0.05) is 12.6 Å².